The van der Waals surface area contributed by atoms with Crippen LogP contribution in [0.25, 0.3) is 0 Å². The number of anilines is 1. The molecule has 1 aromatic carbocycles. The van der Waals surface area contributed by atoms with Crippen LogP contribution in [0.15, 0.2) is 40.6 Å². The van der Waals surface area contributed by atoms with Crippen molar-refractivity contribution in [3.8, 4) is 0 Å². The molecule has 2 aromatic rings. The van der Waals surface area contributed by atoms with Crippen LogP contribution in [0.4, 0.5) is 5.69 Å². The van der Waals surface area contributed by atoms with Crippen LogP contribution in [-0.2, 0) is 21.2 Å². The first-order valence-corrected chi connectivity index (χ1v) is 11.9. The highest BCUT2D eigenvalue weighted by Crippen LogP contribution is 2.26. The second-order valence-corrected chi connectivity index (χ2v) is 9.87. The van der Waals surface area contributed by atoms with Crippen molar-refractivity contribution < 1.29 is 17.9 Å². The summed E-state index contributed by atoms with van der Waals surface area (Å²) >= 11 is 1.15. The zero-order chi connectivity index (χ0) is 20.9. The zero-order valence-electron chi connectivity index (χ0n) is 16.8. The minimum Gasteiger partial charge on any atom is -0.379 e. The second kappa shape index (κ2) is 9.71. The van der Waals surface area contributed by atoms with E-state index < -0.39 is 10.0 Å². The molecule has 3 rings (SSSR count). The van der Waals surface area contributed by atoms with Crippen LogP contribution in [0.5, 0.6) is 0 Å². The Bertz CT molecular complexity index is 917. The summed E-state index contributed by atoms with van der Waals surface area (Å²) in [5.74, 6) is -0.338. The number of hydrogen-bond donors (Lipinski definition) is 1. The maximum atomic E-state index is 12.9. The van der Waals surface area contributed by atoms with E-state index in [2.05, 4.69) is 29.6 Å². The number of morpholine rings is 1. The fourth-order valence-electron chi connectivity index (χ4n) is 3.13. The van der Waals surface area contributed by atoms with Gasteiger partial charge in [-0.05, 0) is 42.0 Å². The van der Waals surface area contributed by atoms with Crippen molar-refractivity contribution >= 4 is 33.0 Å². The average Bonchev–Trinajstić information content (AvgIpc) is 3.23. The Hall–Kier alpha value is -1.94. The molecular weight excluding hydrogens is 410 g/mol. The van der Waals surface area contributed by atoms with Crippen LogP contribution in [0.1, 0.15) is 21.7 Å². The van der Waals surface area contributed by atoms with Gasteiger partial charge in [-0.2, -0.15) is 4.31 Å². The van der Waals surface area contributed by atoms with Gasteiger partial charge >= 0.3 is 0 Å². The third-order valence-electron chi connectivity index (χ3n) is 4.80. The van der Waals surface area contributed by atoms with E-state index in [9.17, 15) is 13.2 Å². The van der Waals surface area contributed by atoms with Gasteiger partial charge in [0.15, 0.2) is 0 Å². The van der Waals surface area contributed by atoms with Gasteiger partial charge in [-0.25, -0.2) is 8.42 Å². The van der Waals surface area contributed by atoms with Crippen molar-refractivity contribution in [3.63, 3.8) is 0 Å². The Kier molecular flexibility index (Phi) is 7.28. The molecule has 1 aliphatic heterocycles. The molecular formula is C20H27N3O4S2. The summed E-state index contributed by atoms with van der Waals surface area (Å²) in [7, 11) is 0.325. The summed E-state index contributed by atoms with van der Waals surface area (Å²) in [6, 6.07) is 9.83. The number of nitrogens with zero attached hydrogens (tertiary/aromatic N) is 2. The number of hydrogen-bond acceptors (Lipinski definition) is 6. The van der Waals surface area contributed by atoms with Crippen LogP contribution < -0.4 is 10.2 Å². The molecule has 2 heterocycles. The summed E-state index contributed by atoms with van der Waals surface area (Å²) in [4.78, 5) is 14.9. The molecule has 1 aromatic heterocycles. The quantitative estimate of drug-likeness (QED) is 0.641. The lowest BCUT2D eigenvalue weighted by atomic mass is 10.1. The average molecular weight is 438 g/mol. The maximum absolute atomic E-state index is 12.9. The number of thiophene rings is 1. The first-order valence-electron chi connectivity index (χ1n) is 9.59. The van der Waals surface area contributed by atoms with Crippen LogP contribution in [0.2, 0.25) is 0 Å². The van der Waals surface area contributed by atoms with Gasteiger partial charge in [-0.1, -0.05) is 12.1 Å². The molecule has 0 atom stereocenters. The van der Waals surface area contributed by atoms with E-state index in [4.69, 9.17) is 4.74 Å². The van der Waals surface area contributed by atoms with E-state index in [1.54, 1.807) is 5.38 Å². The highest BCUT2D eigenvalue weighted by Gasteiger charge is 2.31. The number of rotatable bonds is 8. The van der Waals surface area contributed by atoms with Crippen LogP contribution in [-0.4, -0.2) is 65.6 Å². The third kappa shape index (κ3) is 5.36. The molecule has 9 heteroatoms. The number of aryl methyl sites for hydroxylation is 1. The Morgan fingerprint density at radius 1 is 1.17 bits per heavy atom. The number of carbonyl (C=O) groups excluding carboxylic acids is 1. The van der Waals surface area contributed by atoms with Gasteiger partial charge in [-0.15, -0.1) is 11.3 Å². The van der Waals surface area contributed by atoms with Crippen LogP contribution in [0.3, 0.4) is 0 Å². The molecule has 0 radical (unpaired) electrons. The Morgan fingerprint density at radius 3 is 2.52 bits per heavy atom. The van der Waals surface area contributed by atoms with Gasteiger partial charge in [-0.3, -0.25) is 4.79 Å². The predicted octanol–water partition coefficient (Wildman–Crippen LogP) is 2.20. The number of amides is 1. The molecule has 1 saturated heterocycles. The molecule has 1 fully saturated rings. The number of sulfonamides is 1. The smallest absolute Gasteiger partial charge is 0.262 e. The number of ether oxygens (including phenoxy) is 1. The normalized spacial score (nSPS) is 15.2. The van der Waals surface area contributed by atoms with E-state index in [1.165, 1.54) is 15.9 Å². The highest BCUT2D eigenvalue weighted by molar-refractivity contribution is 7.89. The largest absolute Gasteiger partial charge is 0.379 e. The lowest BCUT2D eigenvalue weighted by molar-refractivity contribution is 0.0730. The van der Waals surface area contributed by atoms with Crippen LogP contribution >= 0.6 is 11.3 Å². The number of benzene rings is 1. The molecule has 0 aliphatic carbocycles. The van der Waals surface area contributed by atoms with Gasteiger partial charge in [0.25, 0.3) is 5.91 Å². The fraction of sp³-hybridized carbons (Fsp3) is 0.450. The highest BCUT2D eigenvalue weighted by atomic mass is 32.2. The molecule has 0 spiro atoms. The first-order chi connectivity index (χ1) is 13.9. The van der Waals surface area contributed by atoms with Crippen molar-refractivity contribution in [2.45, 2.75) is 17.7 Å². The number of nitrogens with one attached hydrogen (secondary N) is 1. The second-order valence-electron chi connectivity index (χ2n) is 7.05. The molecule has 158 valence electrons. The van der Waals surface area contributed by atoms with Gasteiger partial charge in [0.2, 0.25) is 10.0 Å². The molecule has 0 bridgehead atoms. The molecule has 29 heavy (non-hydrogen) atoms. The Balaban J connectivity index is 1.54. The minimum absolute atomic E-state index is 0.0844. The molecule has 7 nitrogen and oxygen atoms in total. The lowest BCUT2D eigenvalue weighted by Crippen LogP contribution is -2.41. The minimum atomic E-state index is -3.68. The Labute approximate surface area is 176 Å². The van der Waals surface area contributed by atoms with Gasteiger partial charge < -0.3 is 15.0 Å². The van der Waals surface area contributed by atoms with E-state index in [0.717, 1.165) is 29.9 Å². The Morgan fingerprint density at radius 2 is 1.86 bits per heavy atom. The van der Waals surface area contributed by atoms with Crippen molar-refractivity contribution in [1.29, 1.82) is 0 Å². The van der Waals surface area contributed by atoms with Gasteiger partial charge in [0.05, 0.1) is 13.2 Å². The zero-order valence-corrected chi connectivity index (χ0v) is 18.4. The van der Waals surface area contributed by atoms with E-state index >= 15 is 0 Å². The monoisotopic (exact) mass is 437 g/mol. The topological polar surface area (TPSA) is 79.0 Å². The van der Waals surface area contributed by atoms with Gasteiger partial charge in [0, 0.05) is 39.4 Å². The summed E-state index contributed by atoms with van der Waals surface area (Å²) in [5.41, 5.74) is 2.35. The summed E-state index contributed by atoms with van der Waals surface area (Å²) in [5, 5.41) is 4.50. The summed E-state index contributed by atoms with van der Waals surface area (Å²) < 4.78 is 32.3. The van der Waals surface area contributed by atoms with Crippen molar-refractivity contribution in [2.75, 3.05) is 51.8 Å². The molecule has 1 N–H and O–H groups in total. The molecule has 0 saturated carbocycles. The summed E-state index contributed by atoms with van der Waals surface area (Å²) in [6.07, 6.45) is 1.63. The van der Waals surface area contributed by atoms with E-state index in [0.29, 0.717) is 32.8 Å². The summed E-state index contributed by atoms with van der Waals surface area (Å²) in [6.45, 7) is 1.86. The maximum Gasteiger partial charge on any atom is 0.262 e. The van der Waals surface area contributed by atoms with E-state index in [1.807, 2.05) is 19.0 Å². The molecule has 1 amide bonds. The van der Waals surface area contributed by atoms with Crippen molar-refractivity contribution in [1.82, 2.24) is 9.62 Å². The lowest BCUT2D eigenvalue weighted by Gasteiger charge is -2.26. The third-order valence-corrected chi connectivity index (χ3v) is 7.79. The SMILES string of the molecule is CN(C)c1ccc(CCCNC(=O)c2sccc2S(=O)(=O)N2CCOCC2)cc1. The molecule has 1 aliphatic rings. The first kappa shape index (κ1) is 21.8. The van der Waals surface area contributed by atoms with E-state index in [-0.39, 0.29) is 15.7 Å². The predicted molar refractivity (Wildman–Crippen MR) is 115 cm³/mol. The van der Waals surface area contributed by atoms with Crippen molar-refractivity contribution in [2.24, 2.45) is 0 Å². The van der Waals surface area contributed by atoms with Crippen LogP contribution in [0, 0.1) is 0 Å². The van der Waals surface area contributed by atoms with Gasteiger partial charge in [0.1, 0.15) is 9.77 Å². The van der Waals surface area contributed by atoms with Crippen molar-refractivity contribution in [3.05, 3.63) is 46.2 Å². The fourth-order valence-corrected chi connectivity index (χ4v) is 5.85. The molecule has 0 unspecified atom stereocenters. The number of carbonyl (C=O) groups is 1. The standard InChI is InChI=1S/C20H27N3O4S2/c1-22(2)17-7-5-16(6-8-17)4-3-10-21-20(24)19-18(9-15-28-19)29(25,26)23-11-13-27-14-12-23/h5-9,15H,3-4,10-14H2,1-2H3,(H,21,24).